The lowest BCUT2D eigenvalue weighted by Gasteiger charge is -2.33. The molecule has 0 aromatic carbocycles. The van der Waals surface area contributed by atoms with E-state index in [-0.39, 0.29) is 0 Å². The number of hydrogen-bond acceptors (Lipinski definition) is 3. The molecule has 0 aliphatic carbocycles. The highest BCUT2D eigenvalue weighted by Gasteiger charge is 2.28. The van der Waals surface area contributed by atoms with E-state index >= 15 is 0 Å². The topological polar surface area (TPSA) is 24.9 Å². The number of thiazole rings is 1. The van der Waals surface area contributed by atoms with Crippen LogP contribution in [0.1, 0.15) is 32.6 Å². The zero-order valence-corrected chi connectivity index (χ0v) is 11.0. The van der Waals surface area contributed by atoms with Gasteiger partial charge in [0.1, 0.15) is 0 Å². The molecular formula is C12H22N2S. The van der Waals surface area contributed by atoms with Crippen LogP contribution < -0.4 is 5.32 Å². The van der Waals surface area contributed by atoms with Crippen LogP contribution in [-0.2, 0) is 6.42 Å². The van der Waals surface area contributed by atoms with Crippen molar-refractivity contribution >= 4 is 11.3 Å². The Labute approximate surface area is 97.1 Å². The Morgan fingerprint density at radius 2 is 2.27 bits per heavy atom. The number of aromatic nitrogens is 1. The predicted octanol–water partition coefficient (Wildman–Crippen LogP) is 2.96. The molecule has 1 atom stereocenters. The first kappa shape index (κ1) is 12.7. The van der Waals surface area contributed by atoms with Crippen molar-refractivity contribution in [2.45, 2.75) is 34.1 Å². The van der Waals surface area contributed by atoms with Gasteiger partial charge in [0.25, 0.3) is 0 Å². The number of nitrogens with zero attached hydrogens (tertiary/aromatic N) is 1. The Balaban J connectivity index is 2.64. The number of rotatable bonds is 6. The molecule has 1 N–H and O–H groups in total. The molecule has 15 heavy (non-hydrogen) atoms. The minimum absolute atomic E-state index is 0.336. The second-order valence-electron chi connectivity index (χ2n) is 4.73. The van der Waals surface area contributed by atoms with Gasteiger partial charge in [-0.15, -0.1) is 11.3 Å². The minimum Gasteiger partial charge on any atom is -0.316 e. The van der Waals surface area contributed by atoms with Gasteiger partial charge in [0.05, 0.1) is 5.51 Å². The van der Waals surface area contributed by atoms with Crippen molar-refractivity contribution < 1.29 is 0 Å². The molecule has 0 bridgehead atoms. The number of hydrogen-bond donors (Lipinski definition) is 1. The van der Waals surface area contributed by atoms with Crippen molar-refractivity contribution in [3.05, 3.63) is 16.6 Å². The summed E-state index contributed by atoms with van der Waals surface area (Å²) < 4.78 is 0. The van der Waals surface area contributed by atoms with E-state index in [0.29, 0.717) is 11.3 Å². The van der Waals surface area contributed by atoms with Gasteiger partial charge in [0.2, 0.25) is 0 Å². The zero-order valence-electron chi connectivity index (χ0n) is 10.2. The standard InChI is InChI=1S/C12H22N2S/c1-5-13-8-12(4,10(2)3)6-11-7-14-9-15-11/h7,9-10,13H,5-6,8H2,1-4H3. The maximum absolute atomic E-state index is 4.14. The molecule has 1 heterocycles. The van der Waals surface area contributed by atoms with E-state index in [2.05, 4.69) is 38.0 Å². The molecule has 1 aromatic heterocycles. The third-order valence-corrected chi connectivity index (χ3v) is 4.01. The largest absolute Gasteiger partial charge is 0.316 e. The summed E-state index contributed by atoms with van der Waals surface area (Å²) in [7, 11) is 0. The van der Waals surface area contributed by atoms with Crippen molar-refractivity contribution in [3.8, 4) is 0 Å². The third kappa shape index (κ3) is 3.58. The molecular weight excluding hydrogens is 204 g/mol. The molecule has 0 radical (unpaired) electrons. The smallest absolute Gasteiger partial charge is 0.0794 e. The first-order chi connectivity index (χ1) is 7.08. The van der Waals surface area contributed by atoms with Gasteiger partial charge in [-0.25, -0.2) is 0 Å². The van der Waals surface area contributed by atoms with E-state index in [0.717, 1.165) is 19.5 Å². The average molecular weight is 226 g/mol. The van der Waals surface area contributed by atoms with Crippen LogP contribution in [0.4, 0.5) is 0 Å². The lowest BCUT2D eigenvalue weighted by atomic mass is 9.76. The van der Waals surface area contributed by atoms with E-state index < -0.39 is 0 Å². The van der Waals surface area contributed by atoms with Crippen LogP contribution in [0.5, 0.6) is 0 Å². The van der Waals surface area contributed by atoms with E-state index in [1.807, 2.05) is 11.7 Å². The molecule has 0 fully saturated rings. The van der Waals surface area contributed by atoms with Crippen LogP contribution in [0, 0.1) is 11.3 Å². The van der Waals surface area contributed by atoms with Gasteiger partial charge in [-0.05, 0) is 24.3 Å². The van der Waals surface area contributed by atoms with E-state index in [9.17, 15) is 0 Å². The fourth-order valence-electron chi connectivity index (χ4n) is 1.61. The molecule has 86 valence electrons. The van der Waals surface area contributed by atoms with Crippen molar-refractivity contribution in [1.82, 2.24) is 10.3 Å². The van der Waals surface area contributed by atoms with Gasteiger partial charge in [-0.2, -0.15) is 0 Å². The normalized spacial score (nSPS) is 15.5. The van der Waals surface area contributed by atoms with Crippen LogP contribution >= 0.6 is 11.3 Å². The van der Waals surface area contributed by atoms with Crippen LogP contribution in [0.15, 0.2) is 11.7 Å². The molecule has 2 nitrogen and oxygen atoms in total. The SMILES string of the molecule is CCNCC(C)(Cc1cncs1)C(C)C. The van der Waals surface area contributed by atoms with Crippen LogP contribution in [0.25, 0.3) is 0 Å². The van der Waals surface area contributed by atoms with Crippen molar-refractivity contribution in [2.24, 2.45) is 11.3 Å². The van der Waals surface area contributed by atoms with Gasteiger partial charge in [-0.1, -0.05) is 27.7 Å². The second-order valence-corrected chi connectivity index (χ2v) is 5.70. The Hall–Kier alpha value is -0.410. The van der Waals surface area contributed by atoms with E-state index in [1.54, 1.807) is 11.3 Å². The summed E-state index contributed by atoms with van der Waals surface area (Å²) >= 11 is 1.76. The molecule has 0 amide bonds. The third-order valence-electron chi connectivity index (χ3n) is 3.23. The molecule has 1 rings (SSSR count). The molecule has 0 saturated heterocycles. The van der Waals surface area contributed by atoms with Crippen molar-refractivity contribution in [2.75, 3.05) is 13.1 Å². The molecule has 0 spiro atoms. The quantitative estimate of drug-likeness (QED) is 0.806. The average Bonchev–Trinajstić information content (AvgIpc) is 2.67. The van der Waals surface area contributed by atoms with Gasteiger partial charge in [0, 0.05) is 17.6 Å². The van der Waals surface area contributed by atoms with E-state index in [4.69, 9.17) is 0 Å². The van der Waals surface area contributed by atoms with Gasteiger partial charge in [-0.3, -0.25) is 4.98 Å². The van der Waals surface area contributed by atoms with Gasteiger partial charge >= 0.3 is 0 Å². The molecule has 1 unspecified atom stereocenters. The Morgan fingerprint density at radius 1 is 1.53 bits per heavy atom. The fourth-order valence-corrected chi connectivity index (χ4v) is 2.40. The highest BCUT2D eigenvalue weighted by atomic mass is 32.1. The summed E-state index contributed by atoms with van der Waals surface area (Å²) in [5.74, 6) is 0.679. The van der Waals surface area contributed by atoms with Crippen LogP contribution in [0.3, 0.4) is 0 Å². The highest BCUT2D eigenvalue weighted by molar-refractivity contribution is 7.09. The molecule has 0 saturated carbocycles. The maximum Gasteiger partial charge on any atom is 0.0794 e. The summed E-state index contributed by atoms with van der Waals surface area (Å²) in [6.45, 7) is 11.3. The summed E-state index contributed by atoms with van der Waals surface area (Å²) in [5.41, 5.74) is 2.26. The fraction of sp³-hybridized carbons (Fsp3) is 0.750. The first-order valence-corrected chi connectivity index (χ1v) is 6.54. The Kier molecular flexibility index (Phi) is 4.74. The van der Waals surface area contributed by atoms with Crippen LogP contribution in [0.2, 0.25) is 0 Å². The molecule has 3 heteroatoms. The minimum atomic E-state index is 0.336. The lowest BCUT2D eigenvalue weighted by Crippen LogP contribution is -2.37. The van der Waals surface area contributed by atoms with Crippen LogP contribution in [-0.4, -0.2) is 18.1 Å². The molecule has 1 aromatic rings. The maximum atomic E-state index is 4.14. The van der Waals surface area contributed by atoms with Gasteiger partial charge < -0.3 is 5.32 Å². The lowest BCUT2D eigenvalue weighted by molar-refractivity contribution is 0.210. The zero-order chi connectivity index (χ0) is 11.3. The predicted molar refractivity (Wildman–Crippen MR) is 67.3 cm³/mol. The number of nitrogens with one attached hydrogen (secondary N) is 1. The Morgan fingerprint density at radius 3 is 2.73 bits per heavy atom. The molecule has 0 aliphatic rings. The highest BCUT2D eigenvalue weighted by Crippen LogP contribution is 2.31. The summed E-state index contributed by atoms with van der Waals surface area (Å²) in [5, 5.41) is 3.47. The molecule has 0 aliphatic heterocycles. The van der Waals surface area contributed by atoms with Gasteiger partial charge in [0.15, 0.2) is 0 Å². The second kappa shape index (κ2) is 5.61. The first-order valence-electron chi connectivity index (χ1n) is 5.66. The summed E-state index contributed by atoms with van der Waals surface area (Å²) in [6.07, 6.45) is 3.12. The van der Waals surface area contributed by atoms with E-state index in [1.165, 1.54) is 4.88 Å². The summed E-state index contributed by atoms with van der Waals surface area (Å²) in [6, 6.07) is 0. The summed E-state index contributed by atoms with van der Waals surface area (Å²) in [4.78, 5) is 5.54. The van der Waals surface area contributed by atoms with Crippen molar-refractivity contribution in [1.29, 1.82) is 0 Å². The van der Waals surface area contributed by atoms with Crippen molar-refractivity contribution in [3.63, 3.8) is 0 Å². The Bertz CT molecular complexity index is 269. The monoisotopic (exact) mass is 226 g/mol.